The second kappa shape index (κ2) is 9.24. The van der Waals surface area contributed by atoms with E-state index < -0.39 is 11.7 Å². The third kappa shape index (κ3) is 5.03. The van der Waals surface area contributed by atoms with Crippen LogP contribution in [0.5, 0.6) is 0 Å². The van der Waals surface area contributed by atoms with Crippen LogP contribution in [0.2, 0.25) is 5.02 Å². The number of H-pyrrole nitrogens is 1. The number of aromatic nitrogens is 4. The molecule has 9 nitrogen and oxygen atoms in total. The molecule has 4 aromatic rings. The van der Waals surface area contributed by atoms with Gasteiger partial charge in [0.25, 0.3) is 5.56 Å². The normalized spacial score (nSPS) is 11.3. The summed E-state index contributed by atoms with van der Waals surface area (Å²) >= 11 is 6.23. The number of nitrogens with zero attached hydrogens (tertiary/aromatic N) is 4. The second-order valence-electron chi connectivity index (χ2n) is 8.92. The Morgan fingerprint density at radius 3 is 2.69 bits per heavy atom. The Kier molecular flexibility index (Phi) is 6.33. The third-order valence-electron chi connectivity index (χ3n) is 5.25. The second-order valence-corrected chi connectivity index (χ2v) is 9.36. The van der Waals surface area contributed by atoms with Crippen LogP contribution >= 0.6 is 11.6 Å². The predicted molar refractivity (Wildman–Crippen MR) is 134 cm³/mol. The van der Waals surface area contributed by atoms with Crippen LogP contribution in [0.4, 0.5) is 10.5 Å². The van der Waals surface area contributed by atoms with Crippen molar-refractivity contribution in [1.29, 1.82) is 0 Å². The molecule has 1 amide bonds. The van der Waals surface area contributed by atoms with Gasteiger partial charge in [-0.1, -0.05) is 29.8 Å². The van der Waals surface area contributed by atoms with E-state index in [4.69, 9.17) is 22.9 Å². The van der Waals surface area contributed by atoms with Gasteiger partial charge in [0, 0.05) is 28.6 Å². The molecule has 0 saturated carbocycles. The molecule has 178 valence electrons. The third-order valence-corrected chi connectivity index (χ3v) is 5.49. The van der Waals surface area contributed by atoms with Gasteiger partial charge in [-0.2, -0.15) is 10.2 Å². The van der Waals surface area contributed by atoms with Crippen molar-refractivity contribution in [3.8, 4) is 22.4 Å². The Labute approximate surface area is 206 Å². The number of alkyl carbamates (subject to hydrolysis) is 1. The lowest BCUT2D eigenvalue weighted by molar-refractivity contribution is 0.0523. The molecule has 0 spiro atoms. The zero-order valence-corrected chi connectivity index (χ0v) is 20.4. The number of aryl methyl sites for hydroxylation is 1. The van der Waals surface area contributed by atoms with Crippen molar-refractivity contribution >= 4 is 34.2 Å². The number of halogens is 1. The summed E-state index contributed by atoms with van der Waals surface area (Å²) in [6.45, 7) is 12.9. The van der Waals surface area contributed by atoms with Crippen LogP contribution in [-0.4, -0.2) is 31.7 Å². The van der Waals surface area contributed by atoms with Crippen LogP contribution in [0.25, 0.3) is 38.0 Å². The monoisotopic (exact) mass is 490 g/mol. The van der Waals surface area contributed by atoms with Crippen LogP contribution in [-0.2, 0) is 18.3 Å². The molecule has 2 aromatic carbocycles. The maximum absolute atomic E-state index is 12.4. The minimum Gasteiger partial charge on any atom is -0.444 e. The number of carbonyl (C=O) groups is 1. The van der Waals surface area contributed by atoms with Gasteiger partial charge in [-0.3, -0.25) is 9.48 Å². The van der Waals surface area contributed by atoms with Crippen LogP contribution in [0.15, 0.2) is 47.4 Å². The summed E-state index contributed by atoms with van der Waals surface area (Å²) < 4.78 is 6.97. The molecule has 2 heterocycles. The van der Waals surface area contributed by atoms with E-state index in [2.05, 4.69) is 25.5 Å². The highest BCUT2D eigenvalue weighted by molar-refractivity contribution is 6.31. The highest BCUT2D eigenvalue weighted by atomic mass is 35.5. The van der Waals surface area contributed by atoms with E-state index >= 15 is 0 Å². The number of amides is 1. The van der Waals surface area contributed by atoms with Crippen molar-refractivity contribution < 1.29 is 9.53 Å². The van der Waals surface area contributed by atoms with Gasteiger partial charge in [0.2, 0.25) is 0 Å². The number of rotatable bonds is 4. The molecule has 0 fully saturated rings. The zero-order chi connectivity index (χ0) is 25.3. The topological polar surface area (TPSA) is 106 Å². The van der Waals surface area contributed by atoms with E-state index in [1.54, 1.807) is 63.0 Å². The van der Waals surface area contributed by atoms with Crippen LogP contribution in [0.1, 0.15) is 26.5 Å². The van der Waals surface area contributed by atoms with E-state index in [1.165, 1.54) is 0 Å². The van der Waals surface area contributed by atoms with Crippen molar-refractivity contribution in [2.45, 2.75) is 32.9 Å². The lowest BCUT2D eigenvalue weighted by Gasteiger charge is -2.19. The van der Waals surface area contributed by atoms with Gasteiger partial charge in [-0.15, -0.1) is 0 Å². The Balaban J connectivity index is 1.80. The average molecular weight is 491 g/mol. The lowest BCUT2D eigenvalue weighted by atomic mass is 9.98. The van der Waals surface area contributed by atoms with E-state index in [0.29, 0.717) is 38.4 Å². The first-order valence-corrected chi connectivity index (χ1v) is 11.1. The number of ether oxygens (including phenoxy) is 1. The predicted octanol–water partition coefficient (Wildman–Crippen LogP) is 5.22. The molecule has 0 unspecified atom stereocenters. The molecule has 0 bridgehead atoms. The number of hydrogen-bond acceptors (Lipinski definition) is 5. The minimum atomic E-state index is -0.640. The molecule has 0 aliphatic carbocycles. The molecule has 2 N–H and O–H groups in total. The molecular formula is C25H23ClN6O3. The Hall–Kier alpha value is -4.16. The smallest absolute Gasteiger partial charge is 0.407 e. The first kappa shape index (κ1) is 24.0. The number of hydrogen-bond donors (Lipinski definition) is 2. The summed E-state index contributed by atoms with van der Waals surface area (Å²) in [6, 6.07) is 10.4. The molecule has 0 aliphatic heterocycles. The van der Waals surface area contributed by atoms with Gasteiger partial charge < -0.3 is 10.1 Å². The van der Waals surface area contributed by atoms with Gasteiger partial charge in [-0.25, -0.2) is 14.7 Å². The average Bonchev–Trinajstić information content (AvgIpc) is 3.18. The van der Waals surface area contributed by atoms with Crippen molar-refractivity contribution in [1.82, 2.24) is 25.3 Å². The summed E-state index contributed by atoms with van der Waals surface area (Å²) in [5, 5.41) is 15.2. The highest BCUT2D eigenvalue weighted by Gasteiger charge is 2.19. The van der Waals surface area contributed by atoms with E-state index in [1.807, 2.05) is 12.1 Å². The number of benzene rings is 2. The fourth-order valence-corrected chi connectivity index (χ4v) is 3.93. The van der Waals surface area contributed by atoms with Crippen LogP contribution in [0.3, 0.4) is 0 Å². The zero-order valence-electron chi connectivity index (χ0n) is 19.6. The summed E-state index contributed by atoms with van der Waals surface area (Å²) in [4.78, 5) is 28.2. The molecule has 35 heavy (non-hydrogen) atoms. The molecule has 0 aliphatic rings. The maximum atomic E-state index is 12.4. The van der Waals surface area contributed by atoms with Gasteiger partial charge in [0.15, 0.2) is 5.69 Å². The molecule has 2 aromatic heterocycles. The van der Waals surface area contributed by atoms with Gasteiger partial charge in [0.1, 0.15) is 5.60 Å². The highest BCUT2D eigenvalue weighted by Crippen LogP contribution is 2.39. The molecule has 10 heteroatoms. The number of fused-ring (bicyclic) bond motifs is 1. The maximum Gasteiger partial charge on any atom is 0.407 e. The summed E-state index contributed by atoms with van der Waals surface area (Å²) in [6.07, 6.45) is 1.11. The first-order chi connectivity index (χ1) is 16.6. The molecule has 4 rings (SSSR count). The van der Waals surface area contributed by atoms with Crippen molar-refractivity contribution in [2.24, 2.45) is 7.05 Å². The summed E-state index contributed by atoms with van der Waals surface area (Å²) in [5.74, 6) is 0. The fourth-order valence-electron chi connectivity index (χ4n) is 3.76. The number of nitrogens with one attached hydrogen (secondary N) is 2. The van der Waals surface area contributed by atoms with Gasteiger partial charge in [0.05, 0.1) is 36.1 Å². The summed E-state index contributed by atoms with van der Waals surface area (Å²) in [5.41, 5.74) is 2.82. The van der Waals surface area contributed by atoms with Crippen molar-refractivity contribution in [3.05, 3.63) is 75.1 Å². The van der Waals surface area contributed by atoms with Crippen LogP contribution in [0, 0.1) is 6.57 Å². The summed E-state index contributed by atoms with van der Waals surface area (Å²) in [7, 11) is 1.79. The lowest BCUT2D eigenvalue weighted by Crippen LogP contribution is -2.32. The largest absolute Gasteiger partial charge is 0.444 e. The van der Waals surface area contributed by atoms with E-state index in [9.17, 15) is 9.59 Å². The molecule has 0 atom stereocenters. The minimum absolute atomic E-state index is 0.0572. The van der Waals surface area contributed by atoms with Crippen molar-refractivity contribution in [2.75, 3.05) is 0 Å². The first-order valence-electron chi connectivity index (χ1n) is 10.8. The van der Waals surface area contributed by atoms with Gasteiger partial charge in [-0.05, 0) is 44.5 Å². The van der Waals surface area contributed by atoms with E-state index in [-0.39, 0.29) is 12.1 Å². The molecule has 0 saturated heterocycles. The SMILES string of the molecule is [C-]#[N+]c1ccc(Cl)cc1-c1c(-c2ccc3c(=O)[nH]nc(CNC(=O)OC(C)(C)C)c3c2)cnn1C. The number of carbonyl (C=O) groups excluding carboxylic acids is 1. The molecular weight excluding hydrogens is 468 g/mol. The Bertz CT molecular complexity index is 1540. The standard InChI is InChI=1S/C25H23ClN6O3/c1-25(2,3)35-24(34)28-13-21-17-10-14(6-8-16(17)23(33)31-30-21)19-12-29-32(5)22(19)18-11-15(26)7-9-20(18)27-4/h6-12H,13H2,1-3,5H3,(H,28,34)(H,31,33). The Morgan fingerprint density at radius 2 is 1.97 bits per heavy atom. The molecule has 0 radical (unpaired) electrons. The fraction of sp³-hybridized carbons (Fsp3) is 0.240. The quantitative estimate of drug-likeness (QED) is 0.381. The van der Waals surface area contributed by atoms with Crippen molar-refractivity contribution in [3.63, 3.8) is 0 Å². The number of aromatic amines is 1. The Morgan fingerprint density at radius 1 is 1.20 bits per heavy atom. The van der Waals surface area contributed by atoms with Crippen LogP contribution < -0.4 is 10.9 Å². The van der Waals surface area contributed by atoms with Gasteiger partial charge >= 0.3 is 6.09 Å². The van der Waals surface area contributed by atoms with E-state index in [0.717, 1.165) is 11.1 Å².